The van der Waals surface area contributed by atoms with Gasteiger partial charge in [-0.1, -0.05) is 0 Å². The fourth-order valence-electron chi connectivity index (χ4n) is 1.56. The number of hydrogen-bond acceptors (Lipinski definition) is 3. The smallest absolute Gasteiger partial charge is 0.385 e. The number of halogens is 3. The number of rotatable bonds is 6. The molecule has 0 aliphatic heterocycles. The molecule has 1 amide bonds. The molecule has 1 atom stereocenters. The molecule has 0 saturated heterocycles. The minimum atomic E-state index is -4.39. The zero-order chi connectivity index (χ0) is 15.2. The van der Waals surface area contributed by atoms with Crippen molar-refractivity contribution >= 4 is 11.6 Å². The van der Waals surface area contributed by atoms with Crippen LogP contribution in [0.25, 0.3) is 0 Å². The molecule has 7 heteroatoms. The van der Waals surface area contributed by atoms with E-state index < -0.39 is 23.7 Å². The number of carbonyl (C=O) groups excluding carboxylic acids is 1. The summed E-state index contributed by atoms with van der Waals surface area (Å²) in [5.74, 6) is -0.430. The molecule has 0 radical (unpaired) electrons. The van der Waals surface area contributed by atoms with Crippen molar-refractivity contribution in [3.05, 3.63) is 29.8 Å². The second kappa shape index (κ2) is 7.25. The van der Waals surface area contributed by atoms with Crippen LogP contribution in [0, 0.1) is 0 Å². The third kappa shape index (κ3) is 5.18. The lowest BCUT2D eigenvalue weighted by molar-refractivity contribution is -0.137. The molecular formula is C13H17F3N2O2. The summed E-state index contributed by atoms with van der Waals surface area (Å²) < 4.78 is 41.9. The summed E-state index contributed by atoms with van der Waals surface area (Å²) in [7, 11) is 1.55. The Bertz CT molecular complexity index is 432. The van der Waals surface area contributed by atoms with Gasteiger partial charge in [-0.25, -0.2) is 0 Å². The van der Waals surface area contributed by atoms with E-state index in [9.17, 15) is 18.0 Å². The summed E-state index contributed by atoms with van der Waals surface area (Å²) in [4.78, 5) is 11.7. The molecule has 0 aromatic heterocycles. The Morgan fingerprint density at radius 3 is 2.45 bits per heavy atom. The summed E-state index contributed by atoms with van der Waals surface area (Å²) in [6, 6.07) is 3.50. The third-order valence-electron chi connectivity index (χ3n) is 2.68. The number of amides is 1. The van der Waals surface area contributed by atoms with Crippen LogP contribution < -0.4 is 11.1 Å². The van der Waals surface area contributed by atoms with Crippen LogP contribution in [0.2, 0.25) is 0 Å². The van der Waals surface area contributed by atoms with Gasteiger partial charge in [-0.2, -0.15) is 13.2 Å². The number of carbonyl (C=O) groups is 1. The van der Waals surface area contributed by atoms with Crippen LogP contribution >= 0.6 is 0 Å². The number of methoxy groups -OCH3 is 1. The number of nitrogens with two attached hydrogens (primary N) is 1. The predicted octanol–water partition coefficient (Wildman–Crippen LogP) is 2.40. The van der Waals surface area contributed by atoms with Crippen molar-refractivity contribution in [2.75, 3.05) is 19.0 Å². The highest BCUT2D eigenvalue weighted by atomic mass is 19.4. The van der Waals surface area contributed by atoms with Crippen molar-refractivity contribution in [2.45, 2.75) is 25.1 Å². The van der Waals surface area contributed by atoms with E-state index in [1.807, 2.05) is 0 Å². The molecule has 0 saturated carbocycles. The van der Waals surface area contributed by atoms with Crippen molar-refractivity contribution in [1.29, 1.82) is 0 Å². The lowest BCUT2D eigenvalue weighted by atomic mass is 10.1. The number of ether oxygens (including phenoxy) is 1. The molecule has 1 rings (SSSR count). The molecular weight excluding hydrogens is 273 g/mol. The summed E-state index contributed by atoms with van der Waals surface area (Å²) in [5.41, 5.74) is 5.18. The fraction of sp³-hybridized carbons (Fsp3) is 0.462. The SMILES string of the molecule is COCCCC(N)C(=O)Nc1ccc(C(F)(F)F)cc1. The molecule has 1 aromatic carbocycles. The first kappa shape index (κ1) is 16.5. The number of nitrogens with one attached hydrogen (secondary N) is 1. The van der Waals surface area contributed by atoms with Crippen LogP contribution in [0.1, 0.15) is 18.4 Å². The maximum Gasteiger partial charge on any atom is 0.416 e. The monoisotopic (exact) mass is 290 g/mol. The molecule has 0 aliphatic rings. The van der Waals surface area contributed by atoms with E-state index in [0.717, 1.165) is 12.1 Å². The molecule has 0 fully saturated rings. The van der Waals surface area contributed by atoms with Gasteiger partial charge < -0.3 is 15.8 Å². The van der Waals surface area contributed by atoms with Crippen LogP contribution in [0.5, 0.6) is 0 Å². The van der Waals surface area contributed by atoms with E-state index >= 15 is 0 Å². The minimum absolute atomic E-state index is 0.283. The Balaban J connectivity index is 2.54. The Morgan fingerprint density at radius 1 is 1.35 bits per heavy atom. The van der Waals surface area contributed by atoms with E-state index in [1.165, 1.54) is 12.1 Å². The fourth-order valence-corrected chi connectivity index (χ4v) is 1.56. The summed E-state index contributed by atoms with van der Waals surface area (Å²) in [6.45, 7) is 0.501. The molecule has 0 aliphatic carbocycles. The van der Waals surface area contributed by atoms with Crippen molar-refractivity contribution in [2.24, 2.45) is 5.73 Å². The molecule has 1 aromatic rings. The maximum absolute atomic E-state index is 12.4. The zero-order valence-electron chi connectivity index (χ0n) is 11.0. The first-order valence-corrected chi connectivity index (χ1v) is 6.07. The number of benzene rings is 1. The average molecular weight is 290 g/mol. The van der Waals surface area contributed by atoms with Gasteiger partial charge in [0.25, 0.3) is 0 Å². The van der Waals surface area contributed by atoms with Crippen molar-refractivity contribution < 1.29 is 22.7 Å². The number of alkyl halides is 3. The summed E-state index contributed by atoms with van der Waals surface area (Å²) in [6.07, 6.45) is -3.31. The van der Waals surface area contributed by atoms with Crippen LogP contribution in [0.4, 0.5) is 18.9 Å². The second-order valence-electron chi connectivity index (χ2n) is 4.31. The highest BCUT2D eigenvalue weighted by Gasteiger charge is 2.30. The maximum atomic E-state index is 12.4. The van der Waals surface area contributed by atoms with Gasteiger partial charge in [0.2, 0.25) is 5.91 Å². The molecule has 0 bridgehead atoms. The average Bonchev–Trinajstić information content (AvgIpc) is 2.38. The topological polar surface area (TPSA) is 64.3 Å². The highest BCUT2D eigenvalue weighted by Crippen LogP contribution is 2.29. The van der Waals surface area contributed by atoms with Crippen LogP contribution in [-0.2, 0) is 15.7 Å². The second-order valence-corrected chi connectivity index (χ2v) is 4.31. The van der Waals surface area contributed by atoms with Crippen LogP contribution in [0.15, 0.2) is 24.3 Å². The van der Waals surface area contributed by atoms with Crippen molar-refractivity contribution in [3.63, 3.8) is 0 Å². The minimum Gasteiger partial charge on any atom is -0.385 e. The lowest BCUT2D eigenvalue weighted by Gasteiger charge is -2.13. The highest BCUT2D eigenvalue weighted by molar-refractivity contribution is 5.94. The Morgan fingerprint density at radius 2 is 1.95 bits per heavy atom. The zero-order valence-corrected chi connectivity index (χ0v) is 11.0. The summed E-state index contributed by atoms with van der Waals surface area (Å²) in [5, 5.41) is 2.48. The van der Waals surface area contributed by atoms with Gasteiger partial charge in [0, 0.05) is 19.4 Å². The molecule has 1 unspecified atom stereocenters. The third-order valence-corrected chi connectivity index (χ3v) is 2.68. The van der Waals surface area contributed by atoms with E-state index in [0.29, 0.717) is 19.4 Å². The molecule has 4 nitrogen and oxygen atoms in total. The standard InChI is InChI=1S/C13H17F3N2O2/c1-20-8-2-3-11(17)12(19)18-10-6-4-9(5-7-10)13(14,15)16/h4-7,11H,2-3,8,17H2,1H3,(H,18,19). The molecule has 112 valence electrons. The summed E-state index contributed by atoms with van der Waals surface area (Å²) >= 11 is 0. The van der Waals surface area contributed by atoms with Gasteiger partial charge in [0.1, 0.15) is 0 Å². The van der Waals surface area contributed by atoms with E-state index in [2.05, 4.69) is 5.32 Å². The molecule has 20 heavy (non-hydrogen) atoms. The lowest BCUT2D eigenvalue weighted by Crippen LogP contribution is -2.35. The molecule has 0 spiro atoms. The quantitative estimate of drug-likeness (QED) is 0.791. The number of anilines is 1. The largest absolute Gasteiger partial charge is 0.416 e. The normalized spacial score (nSPS) is 13.1. The van der Waals surface area contributed by atoms with Gasteiger partial charge in [0.05, 0.1) is 11.6 Å². The van der Waals surface area contributed by atoms with E-state index in [1.54, 1.807) is 7.11 Å². The predicted molar refractivity (Wildman–Crippen MR) is 69.2 cm³/mol. The van der Waals surface area contributed by atoms with Crippen molar-refractivity contribution in [1.82, 2.24) is 0 Å². The molecule has 0 heterocycles. The van der Waals surface area contributed by atoms with Crippen molar-refractivity contribution in [3.8, 4) is 0 Å². The number of hydrogen-bond donors (Lipinski definition) is 2. The van der Waals surface area contributed by atoms with E-state index in [-0.39, 0.29) is 5.69 Å². The van der Waals surface area contributed by atoms with Gasteiger partial charge in [-0.05, 0) is 37.1 Å². The first-order valence-electron chi connectivity index (χ1n) is 6.07. The van der Waals surface area contributed by atoms with Gasteiger partial charge in [0.15, 0.2) is 0 Å². The molecule has 3 N–H and O–H groups in total. The van der Waals surface area contributed by atoms with Crippen LogP contribution in [0.3, 0.4) is 0 Å². The van der Waals surface area contributed by atoms with Crippen LogP contribution in [-0.4, -0.2) is 25.7 Å². The van der Waals surface area contributed by atoms with Gasteiger partial charge in [-0.3, -0.25) is 4.79 Å². The Labute approximate surface area is 115 Å². The Hall–Kier alpha value is -1.60. The Kier molecular flexibility index (Phi) is 5.97. The van der Waals surface area contributed by atoms with Gasteiger partial charge in [-0.15, -0.1) is 0 Å². The first-order chi connectivity index (χ1) is 9.34. The van der Waals surface area contributed by atoms with E-state index in [4.69, 9.17) is 10.5 Å². The van der Waals surface area contributed by atoms with Gasteiger partial charge >= 0.3 is 6.18 Å².